The molecule has 0 aromatic heterocycles. The van der Waals surface area contributed by atoms with Gasteiger partial charge in [-0.2, -0.15) is 0 Å². The van der Waals surface area contributed by atoms with Gasteiger partial charge in [-0.15, -0.1) is 0 Å². The lowest BCUT2D eigenvalue weighted by Crippen LogP contribution is -2.50. The lowest BCUT2D eigenvalue weighted by molar-refractivity contribution is -0.313. The summed E-state index contributed by atoms with van der Waals surface area (Å²) in [7, 11) is 0. The van der Waals surface area contributed by atoms with Crippen molar-refractivity contribution in [2.24, 2.45) is 23.7 Å². The summed E-state index contributed by atoms with van der Waals surface area (Å²) < 4.78 is 5.87. The molecule has 1 aromatic carbocycles. The number of allylic oxidation sites excluding steroid dienone is 2. The Morgan fingerprint density at radius 2 is 1.57 bits per heavy atom. The van der Waals surface area contributed by atoms with E-state index in [1.54, 1.807) is 24.3 Å². The van der Waals surface area contributed by atoms with E-state index < -0.39 is 29.6 Å². The minimum absolute atomic E-state index is 0.128. The summed E-state index contributed by atoms with van der Waals surface area (Å²) in [6.07, 6.45) is 9.06. The SMILES string of the molecule is O=C(NNC(=O)[C@H]1[C@H](C(=O)[O-])[C@@H]2C=C[C@H]1C2)c1ccc(OC2CCCC2)cc1. The molecule has 0 saturated heterocycles. The average Bonchev–Trinajstić information content (AvgIpc) is 3.43. The second kappa shape index (κ2) is 7.66. The number of hydrogen-bond acceptors (Lipinski definition) is 5. The first kappa shape index (κ1) is 18.5. The Kier molecular flexibility index (Phi) is 5.07. The minimum Gasteiger partial charge on any atom is -0.550 e. The molecule has 148 valence electrons. The smallest absolute Gasteiger partial charge is 0.269 e. The van der Waals surface area contributed by atoms with Crippen LogP contribution in [0.25, 0.3) is 0 Å². The fourth-order valence-electron chi connectivity index (χ4n) is 4.66. The van der Waals surface area contributed by atoms with Crippen molar-refractivity contribution >= 4 is 17.8 Å². The van der Waals surface area contributed by atoms with E-state index in [2.05, 4.69) is 10.9 Å². The van der Waals surface area contributed by atoms with Gasteiger partial charge in [0.1, 0.15) is 5.75 Å². The van der Waals surface area contributed by atoms with Crippen LogP contribution in [0.2, 0.25) is 0 Å². The van der Waals surface area contributed by atoms with Crippen LogP contribution in [-0.4, -0.2) is 23.9 Å². The Balaban J connectivity index is 1.32. The predicted molar refractivity (Wildman–Crippen MR) is 97.7 cm³/mol. The molecule has 1 aromatic rings. The molecule has 2 amide bonds. The zero-order valence-electron chi connectivity index (χ0n) is 15.4. The summed E-state index contributed by atoms with van der Waals surface area (Å²) in [4.78, 5) is 36.1. The van der Waals surface area contributed by atoms with Gasteiger partial charge in [-0.1, -0.05) is 12.2 Å². The van der Waals surface area contributed by atoms with Crippen LogP contribution in [0.1, 0.15) is 42.5 Å². The van der Waals surface area contributed by atoms with Crippen LogP contribution in [0.5, 0.6) is 5.75 Å². The number of hydrazine groups is 1. The minimum atomic E-state index is -1.22. The molecule has 0 radical (unpaired) electrons. The van der Waals surface area contributed by atoms with Gasteiger partial charge in [0, 0.05) is 17.5 Å². The normalized spacial score (nSPS) is 28.3. The number of carboxylic acids is 1. The maximum atomic E-state index is 12.5. The third-order valence-electron chi connectivity index (χ3n) is 6.05. The summed E-state index contributed by atoms with van der Waals surface area (Å²) in [6, 6.07) is 6.75. The molecule has 2 bridgehead atoms. The topological polar surface area (TPSA) is 108 Å². The summed E-state index contributed by atoms with van der Waals surface area (Å²) in [5.74, 6) is -3.34. The van der Waals surface area contributed by atoms with E-state index in [1.807, 2.05) is 12.2 Å². The van der Waals surface area contributed by atoms with Crippen LogP contribution >= 0.6 is 0 Å². The van der Waals surface area contributed by atoms with Gasteiger partial charge >= 0.3 is 0 Å². The number of amides is 2. The van der Waals surface area contributed by atoms with Gasteiger partial charge in [0.2, 0.25) is 5.91 Å². The highest BCUT2D eigenvalue weighted by molar-refractivity contribution is 5.96. The lowest BCUT2D eigenvalue weighted by atomic mass is 9.82. The Morgan fingerprint density at radius 1 is 0.929 bits per heavy atom. The molecule has 3 aliphatic carbocycles. The third-order valence-corrected chi connectivity index (χ3v) is 6.05. The Labute approximate surface area is 163 Å². The Bertz CT molecular complexity index is 798. The quantitative estimate of drug-likeness (QED) is 0.582. The Morgan fingerprint density at radius 3 is 2.21 bits per heavy atom. The predicted octanol–water partition coefficient (Wildman–Crippen LogP) is 0.957. The number of nitrogens with one attached hydrogen (secondary N) is 2. The molecular weight excluding hydrogens is 360 g/mol. The van der Waals surface area contributed by atoms with E-state index >= 15 is 0 Å². The molecule has 4 rings (SSSR count). The molecule has 0 aliphatic heterocycles. The van der Waals surface area contributed by atoms with Crippen LogP contribution in [0.15, 0.2) is 36.4 Å². The summed E-state index contributed by atoms with van der Waals surface area (Å²) in [5.41, 5.74) is 5.12. The van der Waals surface area contributed by atoms with Crippen LogP contribution in [0.3, 0.4) is 0 Å². The molecule has 0 spiro atoms. The van der Waals surface area contributed by atoms with Crippen molar-refractivity contribution in [3.8, 4) is 5.75 Å². The number of carboxylic acid groups (broad SMARTS) is 1. The van der Waals surface area contributed by atoms with Crippen LogP contribution in [0.4, 0.5) is 0 Å². The molecule has 7 heteroatoms. The van der Waals surface area contributed by atoms with Crippen molar-refractivity contribution in [3.63, 3.8) is 0 Å². The van der Waals surface area contributed by atoms with Crippen molar-refractivity contribution in [1.82, 2.24) is 10.9 Å². The molecule has 7 nitrogen and oxygen atoms in total. The number of carbonyl (C=O) groups is 3. The van der Waals surface area contributed by atoms with Crippen LogP contribution in [-0.2, 0) is 9.59 Å². The number of aliphatic carboxylic acids is 1. The van der Waals surface area contributed by atoms with Crippen molar-refractivity contribution in [2.45, 2.75) is 38.2 Å². The lowest BCUT2D eigenvalue weighted by Gasteiger charge is -2.27. The van der Waals surface area contributed by atoms with E-state index in [-0.39, 0.29) is 17.9 Å². The van der Waals surface area contributed by atoms with Crippen LogP contribution < -0.4 is 20.7 Å². The van der Waals surface area contributed by atoms with Gasteiger partial charge in [0.25, 0.3) is 5.91 Å². The van der Waals surface area contributed by atoms with E-state index in [0.717, 1.165) is 18.6 Å². The molecule has 3 aliphatic rings. The zero-order chi connectivity index (χ0) is 19.7. The van der Waals surface area contributed by atoms with E-state index in [9.17, 15) is 19.5 Å². The first-order valence-electron chi connectivity index (χ1n) is 9.79. The first-order valence-corrected chi connectivity index (χ1v) is 9.79. The number of carbonyl (C=O) groups excluding carboxylic acids is 3. The maximum Gasteiger partial charge on any atom is 0.269 e. The van der Waals surface area contributed by atoms with Gasteiger partial charge in [0.05, 0.1) is 12.0 Å². The number of fused-ring (bicyclic) bond motifs is 2. The highest BCUT2D eigenvalue weighted by atomic mass is 16.5. The van der Waals surface area contributed by atoms with Crippen molar-refractivity contribution in [3.05, 3.63) is 42.0 Å². The summed E-state index contributed by atoms with van der Waals surface area (Å²) >= 11 is 0. The number of hydrogen-bond donors (Lipinski definition) is 2. The van der Waals surface area contributed by atoms with E-state index in [0.29, 0.717) is 12.0 Å². The fraction of sp³-hybridized carbons (Fsp3) is 0.476. The Hall–Kier alpha value is -2.83. The van der Waals surface area contributed by atoms with E-state index in [1.165, 1.54) is 12.8 Å². The second-order valence-electron chi connectivity index (χ2n) is 7.81. The van der Waals surface area contributed by atoms with E-state index in [4.69, 9.17) is 4.74 Å². The average molecular weight is 383 g/mol. The molecule has 2 N–H and O–H groups in total. The highest BCUT2D eigenvalue weighted by Crippen LogP contribution is 2.47. The van der Waals surface area contributed by atoms with Gasteiger partial charge in [-0.25, -0.2) is 0 Å². The second-order valence-corrected chi connectivity index (χ2v) is 7.81. The summed E-state index contributed by atoms with van der Waals surface area (Å²) in [5, 5.41) is 11.4. The van der Waals surface area contributed by atoms with Gasteiger partial charge in [0.15, 0.2) is 0 Å². The molecule has 28 heavy (non-hydrogen) atoms. The highest BCUT2D eigenvalue weighted by Gasteiger charge is 2.48. The molecule has 2 saturated carbocycles. The van der Waals surface area contributed by atoms with Gasteiger partial charge in [-0.05, 0) is 68.2 Å². The van der Waals surface area contributed by atoms with Crippen molar-refractivity contribution < 1.29 is 24.2 Å². The third kappa shape index (κ3) is 3.61. The fourth-order valence-corrected chi connectivity index (χ4v) is 4.66. The maximum absolute atomic E-state index is 12.5. The molecule has 0 heterocycles. The largest absolute Gasteiger partial charge is 0.550 e. The first-order chi connectivity index (χ1) is 13.5. The standard InChI is InChI=1S/C21H24N2O5/c24-19(12-7-9-16(10-8-12)28-15-3-1-2-4-15)22-23-20(25)17-13-5-6-14(11-13)18(17)21(26)27/h5-10,13-15,17-18H,1-4,11H2,(H,22,24)(H,23,25)(H,26,27)/p-1/t13-,14+,17+,18+/m0/s1. The molecule has 2 fully saturated rings. The number of ether oxygens (including phenoxy) is 1. The zero-order valence-corrected chi connectivity index (χ0v) is 15.4. The van der Waals surface area contributed by atoms with Crippen LogP contribution in [0, 0.1) is 23.7 Å². The van der Waals surface area contributed by atoms with Crippen molar-refractivity contribution in [1.29, 1.82) is 0 Å². The number of rotatable bonds is 5. The number of benzene rings is 1. The monoisotopic (exact) mass is 383 g/mol. The summed E-state index contributed by atoms with van der Waals surface area (Å²) in [6.45, 7) is 0. The molecular formula is C21H23N2O5-. The van der Waals surface area contributed by atoms with Gasteiger partial charge in [-0.3, -0.25) is 20.4 Å². The molecule has 4 atom stereocenters. The van der Waals surface area contributed by atoms with Gasteiger partial charge < -0.3 is 14.6 Å². The molecule has 0 unspecified atom stereocenters. The van der Waals surface area contributed by atoms with Crippen molar-refractivity contribution in [2.75, 3.05) is 0 Å².